The van der Waals surface area contributed by atoms with Crippen molar-refractivity contribution < 1.29 is 4.39 Å². The van der Waals surface area contributed by atoms with Crippen LogP contribution in [-0.4, -0.2) is 6.54 Å². The maximum atomic E-state index is 14.3. The van der Waals surface area contributed by atoms with Crippen LogP contribution >= 0.6 is 0 Å². The number of fused-ring (bicyclic) bond motifs is 1. The van der Waals surface area contributed by atoms with Crippen molar-refractivity contribution in [1.82, 2.24) is 0 Å². The molecule has 0 fully saturated rings. The lowest BCUT2D eigenvalue weighted by Gasteiger charge is -2.21. The van der Waals surface area contributed by atoms with Gasteiger partial charge in [0, 0.05) is 18.3 Å². The molecule has 1 aliphatic heterocycles. The summed E-state index contributed by atoms with van der Waals surface area (Å²) in [6.45, 7) is 2.69. The van der Waals surface area contributed by atoms with Crippen molar-refractivity contribution in [3.05, 3.63) is 59.4 Å². The van der Waals surface area contributed by atoms with Gasteiger partial charge in [-0.1, -0.05) is 24.3 Å². The van der Waals surface area contributed by atoms with Crippen LogP contribution in [0.1, 0.15) is 24.1 Å². The van der Waals surface area contributed by atoms with E-state index in [0.29, 0.717) is 5.69 Å². The Morgan fingerprint density at radius 1 is 1.16 bits per heavy atom. The van der Waals surface area contributed by atoms with E-state index in [1.807, 2.05) is 42.2 Å². The SMILES string of the molecule is C[C@H](N)c1ccc(N2CCc3ccccc32)c(F)c1. The lowest BCUT2D eigenvalue weighted by atomic mass is 10.1. The molecule has 0 saturated heterocycles. The minimum absolute atomic E-state index is 0.144. The van der Waals surface area contributed by atoms with Crippen molar-refractivity contribution in [1.29, 1.82) is 0 Å². The Bertz CT molecular complexity index is 607. The van der Waals surface area contributed by atoms with E-state index in [1.54, 1.807) is 6.07 Å². The van der Waals surface area contributed by atoms with E-state index in [-0.39, 0.29) is 11.9 Å². The van der Waals surface area contributed by atoms with Crippen LogP contribution < -0.4 is 10.6 Å². The average molecular weight is 256 g/mol. The molecule has 1 heterocycles. The van der Waals surface area contributed by atoms with E-state index in [9.17, 15) is 4.39 Å². The first-order chi connectivity index (χ1) is 9.16. The Balaban J connectivity index is 2.00. The van der Waals surface area contributed by atoms with Gasteiger partial charge >= 0.3 is 0 Å². The van der Waals surface area contributed by atoms with Crippen molar-refractivity contribution in [2.75, 3.05) is 11.4 Å². The number of rotatable bonds is 2. The van der Waals surface area contributed by atoms with Gasteiger partial charge in [-0.15, -0.1) is 0 Å². The van der Waals surface area contributed by atoms with Gasteiger partial charge in [0.2, 0.25) is 0 Å². The number of para-hydroxylation sites is 1. The molecule has 3 heteroatoms. The van der Waals surface area contributed by atoms with E-state index in [1.165, 1.54) is 5.56 Å². The highest BCUT2D eigenvalue weighted by Crippen LogP contribution is 2.36. The molecule has 3 rings (SSSR count). The molecule has 0 spiro atoms. The molecule has 1 aliphatic rings. The van der Waals surface area contributed by atoms with Crippen LogP contribution in [0.5, 0.6) is 0 Å². The average Bonchev–Trinajstić information content (AvgIpc) is 2.82. The predicted octanol–water partition coefficient (Wildman–Crippen LogP) is 3.54. The summed E-state index contributed by atoms with van der Waals surface area (Å²) in [4.78, 5) is 2.04. The summed E-state index contributed by atoms with van der Waals surface area (Å²) < 4.78 is 14.3. The molecule has 98 valence electrons. The lowest BCUT2D eigenvalue weighted by molar-refractivity contribution is 0.620. The monoisotopic (exact) mass is 256 g/mol. The van der Waals surface area contributed by atoms with Gasteiger partial charge in [-0.25, -0.2) is 4.39 Å². The Labute approximate surface area is 112 Å². The van der Waals surface area contributed by atoms with Gasteiger partial charge in [-0.05, 0) is 42.7 Å². The standard InChI is InChI=1S/C16H17FN2/c1-11(18)13-6-7-16(14(17)10-13)19-9-8-12-4-2-3-5-15(12)19/h2-7,10-11H,8-9,18H2,1H3/t11-/m0/s1. The van der Waals surface area contributed by atoms with Crippen molar-refractivity contribution >= 4 is 11.4 Å². The fourth-order valence-electron chi connectivity index (χ4n) is 2.61. The van der Waals surface area contributed by atoms with Crippen LogP contribution in [0.2, 0.25) is 0 Å². The van der Waals surface area contributed by atoms with Crippen LogP contribution in [-0.2, 0) is 6.42 Å². The molecular weight excluding hydrogens is 239 g/mol. The maximum absolute atomic E-state index is 14.3. The van der Waals surface area contributed by atoms with Gasteiger partial charge in [-0.2, -0.15) is 0 Å². The second-order valence-electron chi connectivity index (χ2n) is 5.03. The van der Waals surface area contributed by atoms with E-state index in [4.69, 9.17) is 5.73 Å². The molecule has 0 amide bonds. The third-order valence-corrected chi connectivity index (χ3v) is 3.68. The summed E-state index contributed by atoms with van der Waals surface area (Å²) >= 11 is 0. The molecule has 2 N–H and O–H groups in total. The van der Waals surface area contributed by atoms with Crippen molar-refractivity contribution in [3.8, 4) is 0 Å². The number of hydrogen-bond donors (Lipinski definition) is 1. The molecule has 0 bridgehead atoms. The summed E-state index contributed by atoms with van der Waals surface area (Å²) in [5.74, 6) is -0.202. The maximum Gasteiger partial charge on any atom is 0.147 e. The first-order valence-electron chi connectivity index (χ1n) is 6.57. The van der Waals surface area contributed by atoms with Crippen LogP contribution in [0.3, 0.4) is 0 Å². The van der Waals surface area contributed by atoms with Gasteiger partial charge in [0.15, 0.2) is 0 Å². The van der Waals surface area contributed by atoms with Gasteiger partial charge in [0.05, 0.1) is 5.69 Å². The number of anilines is 2. The molecule has 0 unspecified atom stereocenters. The summed E-state index contributed by atoms with van der Waals surface area (Å²) in [7, 11) is 0. The van der Waals surface area contributed by atoms with Gasteiger partial charge in [-0.3, -0.25) is 0 Å². The number of halogens is 1. The number of nitrogens with two attached hydrogens (primary N) is 1. The van der Waals surface area contributed by atoms with Gasteiger partial charge < -0.3 is 10.6 Å². The zero-order chi connectivity index (χ0) is 13.4. The Morgan fingerprint density at radius 3 is 2.68 bits per heavy atom. The zero-order valence-corrected chi connectivity index (χ0v) is 10.9. The predicted molar refractivity (Wildman–Crippen MR) is 76.2 cm³/mol. The highest BCUT2D eigenvalue weighted by atomic mass is 19.1. The highest BCUT2D eigenvalue weighted by Gasteiger charge is 2.22. The number of nitrogens with zero attached hydrogens (tertiary/aromatic N) is 1. The number of benzene rings is 2. The van der Waals surface area contributed by atoms with Crippen LogP contribution in [0, 0.1) is 5.82 Å². The molecule has 2 nitrogen and oxygen atoms in total. The van der Waals surface area contributed by atoms with E-state index < -0.39 is 0 Å². The first kappa shape index (κ1) is 12.2. The Morgan fingerprint density at radius 2 is 1.95 bits per heavy atom. The largest absolute Gasteiger partial charge is 0.339 e. The molecule has 2 aromatic rings. The van der Waals surface area contributed by atoms with E-state index in [2.05, 4.69) is 6.07 Å². The van der Waals surface area contributed by atoms with Crippen molar-refractivity contribution in [3.63, 3.8) is 0 Å². The van der Waals surface area contributed by atoms with Crippen LogP contribution in [0.4, 0.5) is 15.8 Å². The van der Waals surface area contributed by atoms with E-state index in [0.717, 1.165) is 24.2 Å². The van der Waals surface area contributed by atoms with Crippen molar-refractivity contribution in [2.24, 2.45) is 5.73 Å². The second kappa shape index (κ2) is 4.67. The minimum atomic E-state index is -0.202. The summed E-state index contributed by atoms with van der Waals surface area (Å²) in [6.07, 6.45) is 0.963. The molecule has 0 saturated carbocycles. The molecule has 0 aliphatic carbocycles. The lowest BCUT2D eigenvalue weighted by Crippen LogP contribution is -2.15. The van der Waals surface area contributed by atoms with Crippen molar-refractivity contribution in [2.45, 2.75) is 19.4 Å². The fraction of sp³-hybridized carbons (Fsp3) is 0.250. The topological polar surface area (TPSA) is 29.3 Å². The molecule has 0 aromatic heterocycles. The fourth-order valence-corrected chi connectivity index (χ4v) is 2.61. The minimum Gasteiger partial charge on any atom is -0.339 e. The summed E-state index contributed by atoms with van der Waals surface area (Å²) in [6, 6.07) is 13.3. The zero-order valence-electron chi connectivity index (χ0n) is 10.9. The van der Waals surface area contributed by atoms with Crippen LogP contribution in [0.15, 0.2) is 42.5 Å². The summed E-state index contributed by atoms with van der Waals surface area (Å²) in [5, 5.41) is 0. The van der Waals surface area contributed by atoms with Gasteiger partial charge in [0.25, 0.3) is 0 Å². The van der Waals surface area contributed by atoms with Gasteiger partial charge in [0.1, 0.15) is 5.82 Å². The molecular formula is C16H17FN2. The quantitative estimate of drug-likeness (QED) is 0.890. The molecule has 2 aromatic carbocycles. The third-order valence-electron chi connectivity index (χ3n) is 3.68. The third kappa shape index (κ3) is 2.10. The molecule has 19 heavy (non-hydrogen) atoms. The normalized spacial score (nSPS) is 15.4. The Kier molecular flexibility index (Phi) is 2.99. The first-order valence-corrected chi connectivity index (χ1v) is 6.57. The van der Waals surface area contributed by atoms with E-state index >= 15 is 0 Å². The molecule has 0 radical (unpaired) electrons. The molecule has 1 atom stereocenters. The highest BCUT2D eigenvalue weighted by molar-refractivity contribution is 5.70. The second-order valence-corrected chi connectivity index (χ2v) is 5.03. The number of hydrogen-bond acceptors (Lipinski definition) is 2. The Hall–Kier alpha value is -1.87. The smallest absolute Gasteiger partial charge is 0.147 e. The summed E-state index contributed by atoms with van der Waals surface area (Å²) in [5.41, 5.74) is 9.63. The van der Waals surface area contributed by atoms with Crippen LogP contribution in [0.25, 0.3) is 0 Å².